The molecule has 0 saturated carbocycles. The molecule has 0 N–H and O–H groups in total. The molecule has 2 heterocycles. The van der Waals surface area contributed by atoms with E-state index in [1.807, 2.05) is 6.07 Å². The number of hydrogen-bond donors (Lipinski definition) is 0. The molecule has 0 spiro atoms. The van der Waals surface area contributed by atoms with Gasteiger partial charge in [-0.05, 0) is 0 Å². The van der Waals surface area contributed by atoms with E-state index >= 15 is 0 Å². The van der Waals surface area contributed by atoms with Crippen molar-refractivity contribution in [3.05, 3.63) is 64.2 Å². The number of fused-ring (bicyclic) bond motifs is 7. The van der Waals surface area contributed by atoms with Crippen molar-refractivity contribution in [1.29, 1.82) is 0 Å². The molecule has 0 saturated heterocycles. The predicted octanol–water partition coefficient (Wildman–Crippen LogP) is 1.99. The Morgan fingerprint density at radius 2 is 1.65 bits per heavy atom. The van der Waals surface area contributed by atoms with Gasteiger partial charge in [-0.1, -0.05) is 20.3 Å². The van der Waals surface area contributed by atoms with Crippen LogP contribution in [-0.4, -0.2) is 0 Å². The van der Waals surface area contributed by atoms with E-state index < -0.39 is 0 Å². The van der Waals surface area contributed by atoms with Crippen LogP contribution in [0.5, 0.6) is 0 Å². The van der Waals surface area contributed by atoms with Crippen LogP contribution in [0, 0.1) is 3.57 Å². The van der Waals surface area contributed by atoms with Gasteiger partial charge >= 0.3 is 126 Å². The molecule has 1 aliphatic rings. The van der Waals surface area contributed by atoms with Crippen molar-refractivity contribution in [2.45, 2.75) is 20.3 Å². The van der Waals surface area contributed by atoms with Crippen molar-refractivity contribution in [1.82, 2.24) is 0 Å². The Labute approximate surface area is 146 Å². The second-order valence-electron chi connectivity index (χ2n) is 5.59. The number of nitrogens with zero attached hydrogens (tertiary/aromatic N) is 1. The number of benzene rings is 3. The van der Waals surface area contributed by atoms with E-state index in [2.05, 4.69) is 71.2 Å². The summed E-state index contributed by atoms with van der Waals surface area (Å²) in [5.74, 6) is 1.03. The first kappa shape index (κ1) is 14.7. The normalized spacial score (nSPS) is 12.3. The molecule has 3 heteroatoms. The maximum absolute atomic E-state index is 6.14. The Morgan fingerprint density at radius 3 is 2.52 bits per heavy atom. The molecule has 116 valence electrons. The number of halogens is 1. The molecule has 2 nitrogen and oxygen atoms in total. The standard InChI is InChI=1S/C17H10INO.C3H8/c1-2-6-12-11(5-1)9-10-13-16(12)17-19(18-13)14-7-3-4-8-15(14)20-17;1-3-2/h1-10H;3H2,1-2H3. The van der Waals surface area contributed by atoms with Gasteiger partial charge < -0.3 is 0 Å². The second kappa shape index (κ2) is 5.96. The summed E-state index contributed by atoms with van der Waals surface area (Å²) in [6.07, 6.45) is 1.25. The van der Waals surface area contributed by atoms with Crippen LogP contribution in [0.4, 0.5) is 0 Å². The van der Waals surface area contributed by atoms with Gasteiger partial charge in [-0.15, -0.1) is 0 Å². The molecule has 5 rings (SSSR count). The van der Waals surface area contributed by atoms with E-state index in [-0.39, 0.29) is 21.5 Å². The molecule has 0 fully saturated rings. The zero-order chi connectivity index (χ0) is 15.8. The van der Waals surface area contributed by atoms with Crippen LogP contribution in [0.15, 0.2) is 65.1 Å². The van der Waals surface area contributed by atoms with Gasteiger partial charge in [0.25, 0.3) is 0 Å². The number of rotatable bonds is 0. The Kier molecular flexibility index (Phi) is 3.81. The molecule has 0 bridgehead atoms. The van der Waals surface area contributed by atoms with Crippen molar-refractivity contribution in [2.24, 2.45) is 0 Å². The van der Waals surface area contributed by atoms with Gasteiger partial charge in [0.1, 0.15) is 0 Å². The molecule has 0 atom stereocenters. The number of aromatic nitrogens is 1. The number of oxazole rings is 1. The molecule has 23 heavy (non-hydrogen) atoms. The SMILES string of the molecule is CCC.c1ccc2c3c(ccc2c1)[I-][n+]1c-3oc2ccccc21. The topological polar surface area (TPSA) is 17.0 Å². The summed E-state index contributed by atoms with van der Waals surface area (Å²) in [4.78, 5) is 0. The monoisotopic (exact) mass is 415 g/mol. The summed E-state index contributed by atoms with van der Waals surface area (Å²) in [5.41, 5.74) is 3.50. The van der Waals surface area contributed by atoms with Gasteiger partial charge in [-0.3, -0.25) is 0 Å². The zero-order valence-electron chi connectivity index (χ0n) is 13.2. The summed E-state index contributed by atoms with van der Waals surface area (Å²) in [6, 6.07) is 21.4. The second-order valence-corrected chi connectivity index (χ2v) is 8.20. The quantitative estimate of drug-likeness (QED) is 0.354. The molecular formula is C20H18INO. The van der Waals surface area contributed by atoms with E-state index in [0.29, 0.717) is 0 Å². The van der Waals surface area contributed by atoms with Crippen molar-refractivity contribution >= 4 is 21.9 Å². The minimum atomic E-state index is -0.214. The third-order valence-electron chi connectivity index (χ3n) is 3.73. The molecular weight excluding hydrogens is 397 g/mol. The molecule has 1 aromatic heterocycles. The number of hydrogen-bond acceptors (Lipinski definition) is 1. The van der Waals surface area contributed by atoms with Gasteiger partial charge in [-0.2, -0.15) is 0 Å². The van der Waals surface area contributed by atoms with Crippen molar-refractivity contribution < 1.29 is 28.7 Å². The van der Waals surface area contributed by atoms with Gasteiger partial charge in [0.15, 0.2) is 0 Å². The van der Waals surface area contributed by atoms with Gasteiger partial charge in [0.2, 0.25) is 0 Å². The minimum absolute atomic E-state index is 0.214. The van der Waals surface area contributed by atoms with E-state index in [9.17, 15) is 0 Å². The van der Waals surface area contributed by atoms with Crippen LogP contribution in [-0.2, 0) is 0 Å². The van der Waals surface area contributed by atoms with E-state index in [0.717, 1.165) is 11.5 Å². The first-order valence-corrected chi connectivity index (χ1v) is 9.99. The third-order valence-corrected chi connectivity index (χ3v) is 6.59. The average molecular weight is 415 g/mol. The summed E-state index contributed by atoms with van der Waals surface area (Å²) in [5, 5.41) is 2.58. The summed E-state index contributed by atoms with van der Waals surface area (Å²) < 4.78 is 9.97. The third kappa shape index (κ3) is 2.34. The Morgan fingerprint density at radius 1 is 0.913 bits per heavy atom. The van der Waals surface area contributed by atoms with Crippen LogP contribution >= 0.6 is 0 Å². The Bertz CT molecular complexity index is 1000. The van der Waals surface area contributed by atoms with Gasteiger partial charge in [-0.25, -0.2) is 0 Å². The molecule has 0 aliphatic carbocycles. The van der Waals surface area contributed by atoms with E-state index in [1.165, 1.54) is 31.8 Å². The van der Waals surface area contributed by atoms with Crippen LogP contribution in [0.25, 0.3) is 33.3 Å². The van der Waals surface area contributed by atoms with Crippen LogP contribution in [0.3, 0.4) is 0 Å². The maximum atomic E-state index is 6.14. The fourth-order valence-corrected chi connectivity index (χ4v) is 5.66. The summed E-state index contributed by atoms with van der Waals surface area (Å²) >= 11 is -0.214. The summed E-state index contributed by atoms with van der Waals surface area (Å²) in [7, 11) is 0. The van der Waals surface area contributed by atoms with Gasteiger partial charge in [0.05, 0.1) is 0 Å². The molecule has 0 amide bonds. The van der Waals surface area contributed by atoms with Crippen molar-refractivity contribution in [3.8, 4) is 11.5 Å². The average Bonchev–Trinajstić information content (AvgIpc) is 3.11. The predicted molar refractivity (Wildman–Crippen MR) is 89.4 cm³/mol. The van der Waals surface area contributed by atoms with E-state index in [4.69, 9.17) is 4.42 Å². The molecule has 1 aliphatic heterocycles. The fourth-order valence-electron chi connectivity index (χ4n) is 2.82. The van der Waals surface area contributed by atoms with Crippen molar-refractivity contribution in [3.63, 3.8) is 0 Å². The summed E-state index contributed by atoms with van der Waals surface area (Å²) in [6.45, 7) is 4.25. The first-order valence-electron chi connectivity index (χ1n) is 7.94. The van der Waals surface area contributed by atoms with E-state index in [1.54, 1.807) is 0 Å². The number of para-hydroxylation sites is 2. The Balaban J connectivity index is 0.000000421. The fraction of sp³-hybridized carbons (Fsp3) is 0.150. The van der Waals surface area contributed by atoms with Gasteiger partial charge in [0, 0.05) is 0 Å². The van der Waals surface area contributed by atoms with Crippen LogP contribution < -0.4 is 24.3 Å². The zero-order valence-corrected chi connectivity index (χ0v) is 15.4. The molecule has 0 unspecified atom stereocenters. The molecule has 3 aromatic carbocycles. The first-order chi connectivity index (χ1) is 11.3. The molecule has 0 radical (unpaired) electrons. The van der Waals surface area contributed by atoms with Crippen molar-refractivity contribution in [2.75, 3.05) is 0 Å². The Hall–Kier alpha value is -1.88. The van der Waals surface area contributed by atoms with Crippen LogP contribution in [0.1, 0.15) is 20.3 Å². The van der Waals surface area contributed by atoms with Crippen LogP contribution in [0.2, 0.25) is 0 Å². The molecule has 4 aromatic rings.